The highest BCUT2D eigenvalue weighted by Gasteiger charge is 2.43. The van der Waals surface area contributed by atoms with E-state index in [1.165, 1.54) is 11.8 Å². The number of carbonyl (C=O) groups excluding carboxylic acids is 1. The molecule has 0 saturated carbocycles. The van der Waals surface area contributed by atoms with Crippen LogP contribution in [0, 0.1) is 0 Å². The second-order valence-corrected chi connectivity index (χ2v) is 8.05. The Morgan fingerprint density at radius 2 is 2.12 bits per heavy atom. The minimum Gasteiger partial charge on any atom is -0.479 e. The number of hydrogen-bond acceptors (Lipinski definition) is 4. The Morgan fingerprint density at radius 3 is 2.53 bits per heavy atom. The molecule has 2 N–H and O–H groups in total. The van der Waals surface area contributed by atoms with Gasteiger partial charge >= 0.3 is 5.97 Å². The third kappa shape index (κ3) is 4.43. The van der Waals surface area contributed by atoms with E-state index in [0.29, 0.717) is 17.9 Å². The summed E-state index contributed by atoms with van der Waals surface area (Å²) in [6.45, 7) is 6.09. The van der Waals surface area contributed by atoms with Crippen LogP contribution in [0.15, 0.2) is 0 Å². The van der Waals surface area contributed by atoms with E-state index in [1.54, 1.807) is 11.8 Å². The summed E-state index contributed by atoms with van der Waals surface area (Å²) < 4.78 is 0.0121. The first-order chi connectivity index (χ1) is 7.75. The molecule has 1 aliphatic heterocycles. The standard InChI is InChI=1S/C11H19NO3S2/c1-10(2,3)17-6-8(13)12-11(9(14)15)4-5-16-7-11/h4-7H2,1-3H3,(H,12,13)(H,14,15). The quantitative estimate of drug-likeness (QED) is 0.817. The lowest BCUT2D eigenvalue weighted by atomic mass is 9.99. The molecule has 0 bridgehead atoms. The zero-order valence-electron chi connectivity index (χ0n) is 10.4. The van der Waals surface area contributed by atoms with Gasteiger partial charge in [-0.2, -0.15) is 11.8 Å². The molecule has 0 aromatic carbocycles. The third-order valence-electron chi connectivity index (χ3n) is 2.45. The van der Waals surface area contributed by atoms with E-state index in [9.17, 15) is 14.7 Å². The number of aliphatic carboxylic acids is 1. The van der Waals surface area contributed by atoms with Gasteiger partial charge in [-0.25, -0.2) is 4.79 Å². The molecule has 1 fully saturated rings. The van der Waals surface area contributed by atoms with Crippen molar-refractivity contribution in [2.45, 2.75) is 37.5 Å². The third-order valence-corrected chi connectivity index (χ3v) is 4.91. The number of rotatable bonds is 4. The molecule has 0 aromatic rings. The van der Waals surface area contributed by atoms with Gasteiger partial charge in [-0.05, 0) is 12.2 Å². The highest BCUT2D eigenvalue weighted by Crippen LogP contribution is 2.29. The van der Waals surface area contributed by atoms with Crippen LogP contribution in [0.2, 0.25) is 0 Å². The summed E-state index contributed by atoms with van der Waals surface area (Å²) in [5.74, 6) is 0.461. The van der Waals surface area contributed by atoms with E-state index in [0.717, 1.165) is 5.75 Å². The van der Waals surface area contributed by atoms with E-state index in [4.69, 9.17) is 0 Å². The molecule has 1 unspecified atom stereocenters. The van der Waals surface area contributed by atoms with Crippen LogP contribution in [0.1, 0.15) is 27.2 Å². The minimum absolute atomic E-state index is 0.0121. The number of thioether (sulfide) groups is 2. The molecule has 0 spiro atoms. The summed E-state index contributed by atoms with van der Waals surface area (Å²) in [5.41, 5.74) is -1.04. The highest BCUT2D eigenvalue weighted by atomic mass is 32.2. The second-order valence-electron chi connectivity index (χ2n) is 5.14. The molecule has 1 amide bonds. The molecular weight excluding hydrogens is 258 g/mol. The molecule has 1 rings (SSSR count). The number of carboxylic acids is 1. The van der Waals surface area contributed by atoms with Crippen molar-refractivity contribution < 1.29 is 14.7 Å². The molecule has 98 valence electrons. The van der Waals surface area contributed by atoms with Crippen LogP contribution in [0.25, 0.3) is 0 Å². The fourth-order valence-electron chi connectivity index (χ4n) is 1.47. The van der Waals surface area contributed by atoms with Crippen molar-refractivity contribution in [3.63, 3.8) is 0 Å². The van der Waals surface area contributed by atoms with E-state index in [-0.39, 0.29) is 10.7 Å². The summed E-state index contributed by atoms with van der Waals surface area (Å²) in [6, 6.07) is 0. The molecule has 0 radical (unpaired) electrons. The van der Waals surface area contributed by atoms with Crippen LogP contribution < -0.4 is 5.32 Å². The van der Waals surface area contributed by atoms with Crippen LogP contribution in [-0.4, -0.2) is 44.5 Å². The Kier molecular flexibility index (Phi) is 4.77. The first kappa shape index (κ1) is 14.7. The van der Waals surface area contributed by atoms with Gasteiger partial charge in [0.05, 0.1) is 5.75 Å². The molecule has 1 heterocycles. The molecule has 1 saturated heterocycles. The van der Waals surface area contributed by atoms with Crippen LogP contribution in [0.3, 0.4) is 0 Å². The van der Waals surface area contributed by atoms with Gasteiger partial charge in [-0.1, -0.05) is 20.8 Å². The van der Waals surface area contributed by atoms with Gasteiger partial charge in [0.15, 0.2) is 0 Å². The van der Waals surface area contributed by atoms with Crippen LogP contribution >= 0.6 is 23.5 Å². The Morgan fingerprint density at radius 1 is 1.47 bits per heavy atom. The minimum atomic E-state index is -1.04. The molecule has 1 atom stereocenters. The van der Waals surface area contributed by atoms with Crippen LogP contribution in [0.5, 0.6) is 0 Å². The lowest BCUT2D eigenvalue weighted by Crippen LogP contribution is -2.55. The first-order valence-corrected chi connectivity index (χ1v) is 7.65. The zero-order chi connectivity index (χ0) is 13.1. The van der Waals surface area contributed by atoms with E-state index < -0.39 is 11.5 Å². The fraction of sp³-hybridized carbons (Fsp3) is 0.818. The van der Waals surface area contributed by atoms with Crippen molar-refractivity contribution in [1.82, 2.24) is 5.32 Å². The lowest BCUT2D eigenvalue weighted by molar-refractivity contribution is -0.146. The largest absolute Gasteiger partial charge is 0.479 e. The SMILES string of the molecule is CC(C)(C)SCC(=O)NC1(C(=O)O)CCSC1. The van der Waals surface area contributed by atoms with Gasteiger partial charge in [0.1, 0.15) is 5.54 Å². The maximum atomic E-state index is 11.8. The van der Waals surface area contributed by atoms with Crippen molar-refractivity contribution in [2.75, 3.05) is 17.3 Å². The summed E-state index contributed by atoms with van der Waals surface area (Å²) in [7, 11) is 0. The predicted octanol–water partition coefficient (Wildman–Crippen LogP) is 1.59. The number of hydrogen-bond donors (Lipinski definition) is 2. The molecule has 4 nitrogen and oxygen atoms in total. The lowest BCUT2D eigenvalue weighted by Gasteiger charge is -2.25. The van der Waals surface area contributed by atoms with Crippen molar-refractivity contribution in [3.8, 4) is 0 Å². The summed E-state index contributed by atoms with van der Waals surface area (Å²) >= 11 is 3.10. The Labute approximate surface area is 110 Å². The fourth-order valence-corrected chi connectivity index (χ4v) is 3.43. The van der Waals surface area contributed by atoms with Gasteiger partial charge in [-0.15, -0.1) is 11.8 Å². The van der Waals surface area contributed by atoms with Crippen molar-refractivity contribution in [1.29, 1.82) is 0 Å². The summed E-state index contributed by atoms with van der Waals surface area (Å²) in [5, 5.41) is 11.9. The Balaban J connectivity index is 2.51. The molecule has 0 aromatic heterocycles. The van der Waals surface area contributed by atoms with Gasteiger partial charge < -0.3 is 10.4 Å². The molecular formula is C11H19NO3S2. The predicted molar refractivity (Wildman–Crippen MR) is 72.7 cm³/mol. The van der Waals surface area contributed by atoms with Gasteiger partial charge in [-0.3, -0.25) is 4.79 Å². The summed E-state index contributed by atoms with van der Waals surface area (Å²) in [4.78, 5) is 23.0. The van der Waals surface area contributed by atoms with Gasteiger partial charge in [0.2, 0.25) is 5.91 Å². The normalized spacial score (nSPS) is 24.6. The smallest absolute Gasteiger partial charge is 0.330 e. The second kappa shape index (κ2) is 5.52. The van der Waals surface area contributed by atoms with Crippen LogP contribution in [-0.2, 0) is 9.59 Å². The van der Waals surface area contributed by atoms with E-state index in [1.807, 2.05) is 20.8 Å². The molecule has 1 aliphatic rings. The van der Waals surface area contributed by atoms with Crippen molar-refractivity contribution in [3.05, 3.63) is 0 Å². The maximum absolute atomic E-state index is 11.8. The average molecular weight is 277 g/mol. The molecule has 0 aliphatic carbocycles. The first-order valence-electron chi connectivity index (χ1n) is 5.51. The Bertz CT molecular complexity index is 306. The highest BCUT2D eigenvalue weighted by molar-refractivity contribution is 8.01. The van der Waals surface area contributed by atoms with E-state index in [2.05, 4.69) is 5.32 Å². The van der Waals surface area contributed by atoms with Crippen molar-refractivity contribution in [2.24, 2.45) is 0 Å². The van der Waals surface area contributed by atoms with Crippen molar-refractivity contribution >= 4 is 35.4 Å². The topological polar surface area (TPSA) is 66.4 Å². The average Bonchev–Trinajstić information content (AvgIpc) is 2.63. The van der Waals surface area contributed by atoms with Crippen LogP contribution in [0.4, 0.5) is 0 Å². The van der Waals surface area contributed by atoms with Gasteiger partial charge in [0.25, 0.3) is 0 Å². The monoisotopic (exact) mass is 277 g/mol. The van der Waals surface area contributed by atoms with E-state index >= 15 is 0 Å². The molecule has 6 heteroatoms. The molecule has 17 heavy (non-hydrogen) atoms. The van der Waals surface area contributed by atoms with Gasteiger partial charge in [0, 0.05) is 10.5 Å². The number of carbonyl (C=O) groups is 2. The Hall–Kier alpha value is -0.360. The summed E-state index contributed by atoms with van der Waals surface area (Å²) in [6.07, 6.45) is 0.513. The maximum Gasteiger partial charge on any atom is 0.330 e. The number of carboxylic acid groups (broad SMARTS) is 1. The number of nitrogens with one attached hydrogen (secondary N) is 1. The number of amides is 1. The zero-order valence-corrected chi connectivity index (χ0v) is 12.0.